The number of rotatable bonds is 5. The summed E-state index contributed by atoms with van der Waals surface area (Å²) in [7, 11) is 0. The highest BCUT2D eigenvalue weighted by molar-refractivity contribution is 8.04. The standard InChI is InChI=1S/C17H20N4O2S/c1-2-3-9-20-17(23)21-16(22)14-13(11-7-5-4-6-8-11)12(10-18)15(19)24-14/h4-8,13-14H,2-3,9,19H2,1H3,(H2,20,21,22,23). The zero-order valence-electron chi connectivity index (χ0n) is 13.4. The van der Waals surface area contributed by atoms with Gasteiger partial charge < -0.3 is 11.1 Å². The lowest BCUT2D eigenvalue weighted by atomic mass is 9.89. The van der Waals surface area contributed by atoms with Gasteiger partial charge in [0.2, 0.25) is 5.91 Å². The summed E-state index contributed by atoms with van der Waals surface area (Å²) in [5, 5.41) is 14.1. The molecule has 0 aromatic heterocycles. The number of unbranched alkanes of at least 4 members (excludes halogenated alkanes) is 1. The number of thioether (sulfide) groups is 1. The lowest BCUT2D eigenvalue weighted by Gasteiger charge is -2.19. The van der Waals surface area contributed by atoms with Gasteiger partial charge in [0.05, 0.1) is 16.7 Å². The number of carbonyl (C=O) groups is 2. The van der Waals surface area contributed by atoms with Crippen LogP contribution in [0.15, 0.2) is 40.9 Å². The lowest BCUT2D eigenvalue weighted by Crippen LogP contribution is -2.44. The Bertz CT molecular complexity index is 682. The number of benzene rings is 1. The molecule has 1 aliphatic heterocycles. The van der Waals surface area contributed by atoms with Gasteiger partial charge in [0, 0.05) is 12.5 Å². The zero-order chi connectivity index (χ0) is 17.5. The zero-order valence-corrected chi connectivity index (χ0v) is 14.2. The molecule has 126 valence electrons. The largest absolute Gasteiger partial charge is 0.393 e. The van der Waals surface area contributed by atoms with Gasteiger partial charge in [-0.05, 0) is 12.0 Å². The number of urea groups is 1. The molecular weight excluding hydrogens is 324 g/mol. The van der Waals surface area contributed by atoms with Crippen molar-refractivity contribution in [1.82, 2.24) is 10.6 Å². The first-order valence-corrected chi connectivity index (χ1v) is 8.66. The summed E-state index contributed by atoms with van der Waals surface area (Å²) < 4.78 is 0. The Balaban J connectivity index is 2.13. The second-order valence-electron chi connectivity index (χ2n) is 5.42. The van der Waals surface area contributed by atoms with E-state index in [9.17, 15) is 14.9 Å². The summed E-state index contributed by atoms with van der Waals surface area (Å²) in [4.78, 5) is 24.3. The van der Waals surface area contributed by atoms with Crippen LogP contribution < -0.4 is 16.4 Å². The summed E-state index contributed by atoms with van der Waals surface area (Å²) in [6.07, 6.45) is 1.80. The van der Waals surface area contributed by atoms with Gasteiger partial charge >= 0.3 is 6.03 Å². The first-order chi connectivity index (χ1) is 11.6. The van der Waals surface area contributed by atoms with Crippen LogP contribution in [-0.2, 0) is 4.79 Å². The minimum absolute atomic E-state index is 0.331. The fraction of sp³-hybridized carbons (Fsp3) is 0.353. The average Bonchev–Trinajstić information content (AvgIpc) is 2.92. The molecule has 2 unspecified atom stereocenters. The van der Waals surface area contributed by atoms with Gasteiger partial charge in [-0.1, -0.05) is 55.4 Å². The van der Waals surface area contributed by atoms with Crippen molar-refractivity contribution in [3.63, 3.8) is 0 Å². The highest BCUT2D eigenvalue weighted by Gasteiger charge is 2.41. The van der Waals surface area contributed by atoms with E-state index in [4.69, 9.17) is 5.73 Å². The number of nitrogens with two attached hydrogens (primary N) is 1. The Kier molecular flexibility index (Phi) is 6.27. The summed E-state index contributed by atoms with van der Waals surface area (Å²) in [6.45, 7) is 2.53. The van der Waals surface area contributed by atoms with Crippen LogP contribution in [0.25, 0.3) is 0 Å². The second kappa shape index (κ2) is 8.41. The van der Waals surface area contributed by atoms with Crippen LogP contribution in [0.5, 0.6) is 0 Å². The molecule has 0 aliphatic carbocycles. The molecule has 0 fully saturated rings. The van der Waals surface area contributed by atoms with Gasteiger partial charge in [-0.15, -0.1) is 0 Å². The molecule has 1 aromatic carbocycles. The summed E-state index contributed by atoms with van der Waals surface area (Å²) in [6, 6.07) is 10.8. The maximum atomic E-state index is 12.5. The molecule has 3 amide bonds. The molecule has 7 heteroatoms. The van der Waals surface area contributed by atoms with Gasteiger partial charge in [-0.25, -0.2) is 4.79 Å². The van der Waals surface area contributed by atoms with Crippen molar-refractivity contribution in [3.8, 4) is 6.07 Å². The van der Waals surface area contributed by atoms with Gasteiger partial charge in [0.25, 0.3) is 0 Å². The molecule has 1 aromatic rings. The first-order valence-electron chi connectivity index (χ1n) is 7.78. The molecule has 6 nitrogen and oxygen atoms in total. The second-order valence-corrected chi connectivity index (χ2v) is 6.60. The van der Waals surface area contributed by atoms with E-state index in [2.05, 4.69) is 16.7 Å². The quantitative estimate of drug-likeness (QED) is 0.710. The van der Waals surface area contributed by atoms with Crippen LogP contribution in [-0.4, -0.2) is 23.7 Å². The van der Waals surface area contributed by atoms with E-state index < -0.39 is 23.1 Å². The van der Waals surface area contributed by atoms with E-state index in [0.29, 0.717) is 17.1 Å². The number of carbonyl (C=O) groups excluding carboxylic acids is 2. The third-order valence-electron chi connectivity index (χ3n) is 3.72. The maximum Gasteiger partial charge on any atom is 0.321 e. The molecule has 24 heavy (non-hydrogen) atoms. The first kappa shape index (κ1) is 17.9. The summed E-state index contributed by atoms with van der Waals surface area (Å²) in [5.41, 5.74) is 7.11. The van der Waals surface area contributed by atoms with Gasteiger partial charge in [-0.2, -0.15) is 5.26 Å². The average molecular weight is 344 g/mol. The van der Waals surface area contributed by atoms with Crippen molar-refractivity contribution >= 4 is 23.7 Å². The van der Waals surface area contributed by atoms with Crippen LogP contribution in [0.1, 0.15) is 31.2 Å². The molecule has 0 saturated carbocycles. The maximum absolute atomic E-state index is 12.5. The van der Waals surface area contributed by atoms with E-state index in [-0.39, 0.29) is 0 Å². The number of hydrogen-bond acceptors (Lipinski definition) is 5. The van der Waals surface area contributed by atoms with Crippen LogP contribution in [0.3, 0.4) is 0 Å². The van der Waals surface area contributed by atoms with E-state index in [0.717, 1.165) is 30.2 Å². The Morgan fingerprint density at radius 1 is 1.33 bits per heavy atom. The molecular formula is C17H20N4O2S. The third kappa shape index (κ3) is 4.09. The highest BCUT2D eigenvalue weighted by atomic mass is 32.2. The smallest absolute Gasteiger partial charge is 0.321 e. The Morgan fingerprint density at radius 2 is 2.04 bits per heavy atom. The van der Waals surface area contributed by atoms with E-state index >= 15 is 0 Å². The molecule has 0 radical (unpaired) electrons. The van der Waals surface area contributed by atoms with Crippen LogP contribution in [0.2, 0.25) is 0 Å². The third-order valence-corrected chi connectivity index (χ3v) is 4.94. The minimum Gasteiger partial charge on any atom is -0.393 e. The molecule has 1 aliphatic rings. The topological polar surface area (TPSA) is 108 Å². The number of nitrogens with zero attached hydrogens (tertiary/aromatic N) is 1. The Labute approximate surface area is 145 Å². The van der Waals surface area contributed by atoms with Crippen molar-refractivity contribution in [3.05, 3.63) is 46.5 Å². The number of nitriles is 1. The van der Waals surface area contributed by atoms with Gasteiger partial charge in [0.15, 0.2) is 0 Å². The molecule has 2 atom stereocenters. The summed E-state index contributed by atoms with van der Waals surface area (Å²) >= 11 is 1.12. The minimum atomic E-state index is -0.640. The molecule has 2 rings (SSSR count). The summed E-state index contributed by atoms with van der Waals surface area (Å²) in [5.74, 6) is -0.902. The van der Waals surface area contributed by atoms with Crippen LogP contribution in [0.4, 0.5) is 4.79 Å². The molecule has 4 N–H and O–H groups in total. The Morgan fingerprint density at radius 3 is 2.67 bits per heavy atom. The predicted octanol–water partition coefficient (Wildman–Crippen LogP) is 2.21. The Hall–Kier alpha value is -2.46. The van der Waals surface area contributed by atoms with Crippen molar-refractivity contribution in [2.75, 3.05) is 6.54 Å². The predicted molar refractivity (Wildman–Crippen MR) is 93.8 cm³/mol. The fourth-order valence-electron chi connectivity index (χ4n) is 2.51. The number of amides is 3. The van der Waals surface area contributed by atoms with Crippen molar-refractivity contribution in [2.24, 2.45) is 5.73 Å². The van der Waals surface area contributed by atoms with Crippen molar-refractivity contribution in [1.29, 1.82) is 5.26 Å². The molecule has 0 saturated heterocycles. The highest BCUT2D eigenvalue weighted by Crippen LogP contribution is 2.45. The fourth-order valence-corrected chi connectivity index (χ4v) is 3.68. The van der Waals surface area contributed by atoms with Gasteiger partial charge in [0.1, 0.15) is 5.25 Å². The number of nitrogens with one attached hydrogen (secondary N) is 2. The van der Waals surface area contributed by atoms with E-state index in [1.54, 1.807) is 0 Å². The van der Waals surface area contributed by atoms with E-state index in [1.807, 2.05) is 37.3 Å². The van der Waals surface area contributed by atoms with E-state index in [1.165, 1.54) is 0 Å². The molecule has 1 heterocycles. The normalized spacial score (nSPS) is 19.7. The number of hydrogen-bond donors (Lipinski definition) is 3. The molecule has 0 bridgehead atoms. The van der Waals surface area contributed by atoms with Gasteiger partial charge in [-0.3, -0.25) is 10.1 Å². The monoisotopic (exact) mass is 344 g/mol. The molecule has 0 spiro atoms. The van der Waals surface area contributed by atoms with Crippen LogP contribution in [0, 0.1) is 11.3 Å². The van der Waals surface area contributed by atoms with Crippen molar-refractivity contribution < 1.29 is 9.59 Å². The van der Waals surface area contributed by atoms with Crippen LogP contribution >= 0.6 is 11.8 Å². The van der Waals surface area contributed by atoms with Crippen molar-refractivity contribution in [2.45, 2.75) is 30.9 Å². The lowest BCUT2D eigenvalue weighted by molar-refractivity contribution is -0.119. The number of allylic oxidation sites excluding steroid dienone is 1. The SMILES string of the molecule is CCCCNC(=O)NC(=O)C1SC(N)=C(C#N)C1c1ccccc1. The number of imide groups is 1.